The van der Waals surface area contributed by atoms with Gasteiger partial charge in [0.25, 0.3) is 0 Å². The molecule has 18 heavy (non-hydrogen) atoms. The molecule has 1 unspecified atom stereocenters. The highest BCUT2D eigenvalue weighted by Gasteiger charge is 2.26. The molecule has 1 aromatic rings. The van der Waals surface area contributed by atoms with Crippen LogP contribution in [-0.2, 0) is 16.0 Å². The van der Waals surface area contributed by atoms with E-state index in [2.05, 4.69) is 0 Å². The van der Waals surface area contributed by atoms with Crippen LogP contribution in [-0.4, -0.2) is 26.3 Å². The molecule has 1 heterocycles. The van der Waals surface area contributed by atoms with Gasteiger partial charge in [-0.2, -0.15) is 0 Å². The maximum Gasteiger partial charge on any atom is 0.309 e. The number of rotatable bonds is 5. The molecule has 1 atom stereocenters. The summed E-state index contributed by atoms with van der Waals surface area (Å²) in [5.74, 6) is 1.33. The summed E-state index contributed by atoms with van der Waals surface area (Å²) in [5.41, 5.74) is 1.07. The average molecular weight is 250 g/mol. The van der Waals surface area contributed by atoms with Crippen LogP contribution < -0.4 is 9.47 Å². The summed E-state index contributed by atoms with van der Waals surface area (Å²) in [6.07, 6.45) is 1.50. The van der Waals surface area contributed by atoms with Crippen molar-refractivity contribution >= 4 is 5.97 Å². The van der Waals surface area contributed by atoms with Crippen LogP contribution in [0.25, 0.3) is 0 Å². The van der Waals surface area contributed by atoms with Crippen molar-refractivity contribution in [2.24, 2.45) is 5.92 Å². The van der Waals surface area contributed by atoms with Crippen molar-refractivity contribution in [3.63, 3.8) is 0 Å². The van der Waals surface area contributed by atoms with Crippen molar-refractivity contribution in [2.45, 2.75) is 19.8 Å². The second kappa shape index (κ2) is 5.76. The lowest BCUT2D eigenvalue weighted by molar-refractivity contribution is -0.141. The van der Waals surface area contributed by atoms with E-state index < -0.39 is 0 Å². The Morgan fingerprint density at radius 3 is 2.83 bits per heavy atom. The summed E-state index contributed by atoms with van der Waals surface area (Å²) in [6, 6.07) is 5.79. The minimum Gasteiger partial charge on any atom is -0.493 e. The molecule has 0 aliphatic carbocycles. The summed E-state index contributed by atoms with van der Waals surface area (Å²) in [7, 11) is 1.62. The highest BCUT2D eigenvalue weighted by atomic mass is 16.5. The van der Waals surface area contributed by atoms with Gasteiger partial charge in [-0.3, -0.25) is 4.79 Å². The normalized spacial score (nSPS) is 18.6. The fourth-order valence-electron chi connectivity index (χ4n) is 2.12. The van der Waals surface area contributed by atoms with Gasteiger partial charge in [0.05, 0.1) is 26.2 Å². The molecule has 0 bridgehead atoms. The van der Waals surface area contributed by atoms with E-state index in [0.29, 0.717) is 25.4 Å². The van der Waals surface area contributed by atoms with E-state index in [-0.39, 0.29) is 11.9 Å². The Balaban J connectivity index is 2.11. The third kappa shape index (κ3) is 2.75. The first kappa shape index (κ1) is 12.7. The molecule has 0 spiro atoms. The molecule has 1 aliphatic rings. The summed E-state index contributed by atoms with van der Waals surface area (Å²) < 4.78 is 15.7. The predicted molar refractivity (Wildman–Crippen MR) is 66.9 cm³/mol. The molecule has 0 radical (unpaired) electrons. The largest absolute Gasteiger partial charge is 0.493 e. The molecular formula is C14H18O4. The molecule has 2 rings (SSSR count). The Morgan fingerprint density at radius 2 is 2.22 bits per heavy atom. The molecule has 0 amide bonds. The van der Waals surface area contributed by atoms with Gasteiger partial charge in [0.1, 0.15) is 0 Å². The number of hydrogen-bond donors (Lipinski definition) is 0. The molecule has 4 nitrogen and oxygen atoms in total. The van der Waals surface area contributed by atoms with Gasteiger partial charge in [-0.1, -0.05) is 6.07 Å². The lowest BCUT2D eigenvalue weighted by Crippen LogP contribution is -2.10. The SMILES string of the molecule is CCOc1ccc(CC2CCOC2=O)cc1OC. The third-order valence-electron chi connectivity index (χ3n) is 3.05. The Morgan fingerprint density at radius 1 is 1.39 bits per heavy atom. The van der Waals surface area contributed by atoms with Crippen LogP contribution in [0.5, 0.6) is 11.5 Å². The van der Waals surface area contributed by atoms with Gasteiger partial charge in [0.2, 0.25) is 0 Å². The monoisotopic (exact) mass is 250 g/mol. The zero-order valence-corrected chi connectivity index (χ0v) is 10.8. The summed E-state index contributed by atoms with van der Waals surface area (Å²) in [4.78, 5) is 11.4. The van der Waals surface area contributed by atoms with Crippen molar-refractivity contribution in [3.05, 3.63) is 23.8 Å². The summed E-state index contributed by atoms with van der Waals surface area (Å²) >= 11 is 0. The molecular weight excluding hydrogens is 232 g/mol. The van der Waals surface area contributed by atoms with Gasteiger partial charge in [-0.15, -0.1) is 0 Å². The minimum absolute atomic E-state index is 0.0207. The van der Waals surface area contributed by atoms with E-state index in [9.17, 15) is 4.79 Å². The van der Waals surface area contributed by atoms with Crippen molar-refractivity contribution < 1.29 is 19.0 Å². The van der Waals surface area contributed by atoms with Crippen molar-refractivity contribution in [1.29, 1.82) is 0 Å². The molecule has 0 aromatic heterocycles. The van der Waals surface area contributed by atoms with E-state index in [1.165, 1.54) is 0 Å². The average Bonchev–Trinajstić information content (AvgIpc) is 2.77. The molecule has 0 saturated carbocycles. The van der Waals surface area contributed by atoms with E-state index in [0.717, 1.165) is 17.7 Å². The highest BCUT2D eigenvalue weighted by molar-refractivity contribution is 5.74. The number of hydrogen-bond acceptors (Lipinski definition) is 4. The van der Waals surface area contributed by atoms with Gasteiger partial charge in [0.15, 0.2) is 11.5 Å². The smallest absolute Gasteiger partial charge is 0.309 e. The maximum absolute atomic E-state index is 11.4. The van der Waals surface area contributed by atoms with Gasteiger partial charge in [0, 0.05) is 0 Å². The molecule has 98 valence electrons. The van der Waals surface area contributed by atoms with Gasteiger partial charge >= 0.3 is 5.97 Å². The molecule has 1 aromatic carbocycles. The first-order chi connectivity index (χ1) is 8.74. The zero-order valence-electron chi connectivity index (χ0n) is 10.8. The maximum atomic E-state index is 11.4. The van der Waals surface area contributed by atoms with Crippen LogP contribution in [0.2, 0.25) is 0 Å². The Kier molecular flexibility index (Phi) is 4.07. The number of ether oxygens (including phenoxy) is 3. The lowest BCUT2D eigenvalue weighted by Gasteiger charge is -2.12. The zero-order chi connectivity index (χ0) is 13.0. The highest BCUT2D eigenvalue weighted by Crippen LogP contribution is 2.30. The summed E-state index contributed by atoms with van der Waals surface area (Å²) in [6.45, 7) is 3.07. The molecule has 1 saturated heterocycles. The molecule has 4 heteroatoms. The predicted octanol–water partition coefficient (Wildman–Crippen LogP) is 2.20. The molecule has 1 fully saturated rings. The fourth-order valence-corrected chi connectivity index (χ4v) is 2.12. The summed E-state index contributed by atoms with van der Waals surface area (Å²) in [5, 5.41) is 0. The van der Waals surface area contributed by atoms with Crippen molar-refractivity contribution in [3.8, 4) is 11.5 Å². The van der Waals surface area contributed by atoms with E-state index in [1.807, 2.05) is 25.1 Å². The van der Waals surface area contributed by atoms with Crippen LogP contribution in [0.4, 0.5) is 0 Å². The first-order valence-electron chi connectivity index (χ1n) is 6.21. The number of carbonyl (C=O) groups excluding carboxylic acids is 1. The Labute approximate surface area is 107 Å². The fraction of sp³-hybridized carbons (Fsp3) is 0.500. The number of methoxy groups -OCH3 is 1. The molecule has 1 aliphatic heterocycles. The number of carbonyl (C=O) groups is 1. The van der Waals surface area contributed by atoms with Crippen molar-refractivity contribution in [1.82, 2.24) is 0 Å². The van der Waals surface area contributed by atoms with Gasteiger partial charge in [-0.25, -0.2) is 0 Å². The van der Waals surface area contributed by atoms with Crippen LogP contribution >= 0.6 is 0 Å². The number of esters is 1. The number of cyclic esters (lactones) is 1. The van der Waals surface area contributed by atoms with Crippen LogP contribution in [0.15, 0.2) is 18.2 Å². The van der Waals surface area contributed by atoms with Gasteiger partial charge in [-0.05, 0) is 37.5 Å². The molecule has 0 N–H and O–H groups in total. The topological polar surface area (TPSA) is 44.8 Å². The second-order valence-electron chi connectivity index (χ2n) is 4.28. The van der Waals surface area contributed by atoms with Crippen LogP contribution in [0, 0.1) is 5.92 Å². The third-order valence-corrected chi connectivity index (χ3v) is 3.05. The standard InChI is InChI=1S/C14H18O4/c1-3-17-12-5-4-10(9-13(12)16-2)8-11-6-7-18-14(11)15/h4-5,9,11H,3,6-8H2,1-2H3. The first-order valence-corrected chi connectivity index (χ1v) is 6.21. The lowest BCUT2D eigenvalue weighted by atomic mass is 9.98. The van der Waals surface area contributed by atoms with Crippen molar-refractivity contribution in [2.75, 3.05) is 20.3 Å². The van der Waals surface area contributed by atoms with Crippen LogP contribution in [0.1, 0.15) is 18.9 Å². The number of benzene rings is 1. The second-order valence-corrected chi connectivity index (χ2v) is 4.28. The Hall–Kier alpha value is -1.71. The van der Waals surface area contributed by atoms with E-state index in [1.54, 1.807) is 7.11 Å². The Bertz CT molecular complexity index is 428. The minimum atomic E-state index is -0.0946. The quantitative estimate of drug-likeness (QED) is 0.751. The van der Waals surface area contributed by atoms with Crippen LogP contribution in [0.3, 0.4) is 0 Å². The van der Waals surface area contributed by atoms with Gasteiger partial charge < -0.3 is 14.2 Å². The van der Waals surface area contributed by atoms with E-state index >= 15 is 0 Å². The van der Waals surface area contributed by atoms with E-state index in [4.69, 9.17) is 14.2 Å².